The molecule has 0 saturated heterocycles. The third kappa shape index (κ3) is 5.31. The molecule has 0 atom stereocenters. The van der Waals surface area contributed by atoms with Crippen molar-refractivity contribution in [1.82, 2.24) is 0 Å². The second kappa shape index (κ2) is 7.07. The molecule has 2 N–H and O–H groups in total. The van der Waals surface area contributed by atoms with Crippen molar-refractivity contribution in [1.29, 1.82) is 0 Å². The molecular weight excluding hydrogens is 208 g/mol. The fourth-order valence-corrected chi connectivity index (χ4v) is 0.726. The molecule has 14 heavy (non-hydrogen) atoms. The molecule has 0 unspecified atom stereocenters. The van der Waals surface area contributed by atoms with Crippen molar-refractivity contribution in [3.8, 4) is 0 Å². The van der Waals surface area contributed by atoms with Crippen LogP contribution in [0.25, 0.3) is 0 Å². The molecule has 1 rings (SSSR count). The maximum Gasteiger partial charge on any atom is 0.299 e. The first-order valence-electron chi connectivity index (χ1n) is 3.41. The molecule has 0 bridgehead atoms. The predicted molar refractivity (Wildman–Crippen MR) is 50.6 cm³/mol. The summed E-state index contributed by atoms with van der Waals surface area (Å²) in [5, 5.41) is 0. The molecule has 1 aromatic carbocycles. The SMILES string of the molecule is O=Cc1ccccc1C=O.O=S(O)O. The van der Waals surface area contributed by atoms with Gasteiger partial charge in [0, 0.05) is 11.1 Å². The van der Waals surface area contributed by atoms with Crippen LogP contribution in [0.5, 0.6) is 0 Å². The molecule has 6 heteroatoms. The first-order chi connectivity index (χ1) is 6.61. The Morgan fingerprint density at radius 2 is 1.29 bits per heavy atom. The number of aldehydes is 2. The summed E-state index contributed by atoms with van der Waals surface area (Å²) in [6.45, 7) is 0. The van der Waals surface area contributed by atoms with Crippen molar-refractivity contribution in [3.63, 3.8) is 0 Å². The molecule has 0 radical (unpaired) electrons. The van der Waals surface area contributed by atoms with E-state index >= 15 is 0 Å². The summed E-state index contributed by atoms with van der Waals surface area (Å²) in [4.78, 5) is 20.5. The van der Waals surface area contributed by atoms with Crippen LogP contribution in [0.4, 0.5) is 0 Å². The van der Waals surface area contributed by atoms with Gasteiger partial charge in [0.15, 0.2) is 12.6 Å². The minimum atomic E-state index is -2.61. The Morgan fingerprint density at radius 1 is 1.00 bits per heavy atom. The van der Waals surface area contributed by atoms with E-state index in [4.69, 9.17) is 13.3 Å². The van der Waals surface area contributed by atoms with Crippen LogP contribution in [-0.4, -0.2) is 25.9 Å². The molecular formula is C8H8O5S. The zero-order valence-corrected chi connectivity index (χ0v) is 7.81. The zero-order valence-electron chi connectivity index (χ0n) is 6.99. The number of carbonyl (C=O) groups is 2. The number of rotatable bonds is 2. The van der Waals surface area contributed by atoms with Crippen LogP contribution in [0.1, 0.15) is 20.7 Å². The first-order valence-corrected chi connectivity index (χ1v) is 4.47. The van der Waals surface area contributed by atoms with E-state index in [0.29, 0.717) is 23.7 Å². The Morgan fingerprint density at radius 3 is 1.50 bits per heavy atom. The molecule has 0 heterocycles. The second-order valence-corrected chi connectivity index (χ2v) is 2.56. The number of hydrogen-bond acceptors (Lipinski definition) is 3. The monoisotopic (exact) mass is 216 g/mol. The second-order valence-electron chi connectivity index (χ2n) is 2.10. The number of carbonyl (C=O) groups excluding carboxylic acids is 2. The van der Waals surface area contributed by atoms with Gasteiger partial charge in [-0.3, -0.25) is 18.7 Å². The van der Waals surface area contributed by atoms with Crippen LogP contribution in [0.15, 0.2) is 24.3 Å². The predicted octanol–water partition coefficient (Wildman–Crippen LogP) is 0.993. The fourth-order valence-electron chi connectivity index (χ4n) is 0.726. The highest BCUT2D eigenvalue weighted by atomic mass is 32.2. The lowest BCUT2D eigenvalue weighted by molar-refractivity contribution is 0.109. The summed E-state index contributed by atoms with van der Waals surface area (Å²) in [7, 11) is 0. The van der Waals surface area contributed by atoms with Crippen LogP contribution in [0.3, 0.4) is 0 Å². The summed E-state index contributed by atoms with van der Waals surface area (Å²) in [6.07, 6.45) is 1.34. The highest BCUT2D eigenvalue weighted by Crippen LogP contribution is 2.01. The van der Waals surface area contributed by atoms with Crippen LogP contribution < -0.4 is 0 Å². The molecule has 1 aromatic rings. The van der Waals surface area contributed by atoms with E-state index in [1.54, 1.807) is 24.3 Å². The van der Waals surface area contributed by atoms with Gasteiger partial charge in [-0.2, -0.15) is 4.21 Å². The molecule has 0 fully saturated rings. The summed E-state index contributed by atoms with van der Waals surface area (Å²) in [5.41, 5.74) is 0.884. The van der Waals surface area contributed by atoms with Crippen molar-refractivity contribution >= 4 is 23.9 Å². The van der Waals surface area contributed by atoms with Crippen molar-refractivity contribution in [2.45, 2.75) is 0 Å². The van der Waals surface area contributed by atoms with Gasteiger partial charge < -0.3 is 0 Å². The third-order valence-corrected chi connectivity index (χ3v) is 1.25. The lowest BCUT2D eigenvalue weighted by Gasteiger charge is -1.91. The van der Waals surface area contributed by atoms with Crippen molar-refractivity contribution in [2.75, 3.05) is 0 Å². The maximum absolute atomic E-state index is 10.2. The van der Waals surface area contributed by atoms with Crippen LogP contribution in [0, 0.1) is 0 Å². The molecule has 0 aliphatic rings. The highest BCUT2D eigenvalue weighted by Gasteiger charge is 1.95. The van der Waals surface area contributed by atoms with Crippen molar-refractivity contribution in [2.24, 2.45) is 0 Å². The van der Waals surface area contributed by atoms with Gasteiger partial charge in [0.1, 0.15) is 0 Å². The quantitative estimate of drug-likeness (QED) is 0.568. The summed E-state index contributed by atoms with van der Waals surface area (Å²) in [6, 6.07) is 6.65. The summed E-state index contributed by atoms with van der Waals surface area (Å²) in [5.74, 6) is 0. The van der Waals surface area contributed by atoms with Gasteiger partial charge in [-0.25, -0.2) is 0 Å². The topological polar surface area (TPSA) is 91.7 Å². The van der Waals surface area contributed by atoms with E-state index in [2.05, 4.69) is 0 Å². The Hall–Kier alpha value is -1.37. The largest absolute Gasteiger partial charge is 0.299 e. The van der Waals surface area contributed by atoms with Gasteiger partial charge >= 0.3 is 0 Å². The van der Waals surface area contributed by atoms with Crippen molar-refractivity contribution in [3.05, 3.63) is 35.4 Å². The average molecular weight is 216 g/mol. The minimum Gasteiger partial charge on any atom is -0.298 e. The van der Waals surface area contributed by atoms with Gasteiger partial charge in [0.25, 0.3) is 11.4 Å². The first kappa shape index (κ1) is 12.6. The van der Waals surface area contributed by atoms with Crippen LogP contribution in [-0.2, 0) is 11.4 Å². The minimum absolute atomic E-state index is 0.442. The van der Waals surface area contributed by atoms with Crippen LogP contribution >= 0.6 is 0 Å². The molecule has 0 amide bonds. The van der Waals surface area contributed by atoms with Crippen molar-refractivity contribution < 1.29 is 22.9 Å². The standard InChI is InChI=1S/C8H6O2.H2O3S/c9-5-7-3-1-2-4-8(7)6-10;1-4(2)3/h1-6H;(H2,1,2,3). The molecule has 0 aliphatic carbocycles. The molecule has 0 spiro atoms. The highest BCUT2D eigenvalue weighted by molar-refractivity contribution is 7.73. The molecule has 0 saturated carbocycles. The normalized spacial score (nSPS) is 8.79. The van der Waals surface area contributed by atoms with Gasteiger partial charge in [-0.15, -0.1) is 0 Å². The van der Waals surface area contributed by atoms with Gasteiger partial charge in [-0.05, 0) is 0 Å². The number of benzene rings is 1. The smallest absolute Gasteiger partial charge is 0.298 e. The Bertz CT molecular complexity index is 305. The average Bonchev–Trinajstić information content (AvgIpc) is 2.17. The third-order valence-electron chi connectivity index (χ3n) is 1.25. The van der Waals surface area contributed by atoms with Gasteiger partial charge in [0.2, 0.25) is 0 Å². The van der Waals surface area contributed by atoms with E-state index in [9.17, 15) is 9.59 Å². The van der Waals surface area contributed by atoms with E-state index in [-0.39, 0.29) is 0 Å². The van der Waals surface area contributed by atoms with Gasteiger partial charge in [0.05, 0.1) is 0 Å². The summed E-state index contributed by atoms with van der Waals surface area (Å²) >= 11 is -2.61. The van der Waals surface area contributed by atoms with E-state index in [0.717, 1.165) is 0 Å². The number of hydrogen-bond donors (Lipinski definition) is 2. The van der Waals surface area contributed by atoms with E-state index in [1.165, 1.54) is 0 Å². The van der Waals surface area contributed by atoms with Gasteiger partial charge in [-0.1, -0.05) is 24.3 Å². The summed E-state index contributed by atoms with van der Waals surface area (Å²) < 4.78 is 22.8. The Labute approximate surface area is 82.9 Å². The lowest BCUT2D eigenvalue weighted by atomic mass is 10.1. The molecule has 5 nitrogen and oxygen atoms in total. The zero-order chi connectivity index (χ0) is 11.0. The fraction of sp³-hybridized carbons (Fsp3) is 0. The Balaban J connectivity index is 0.000000364. The Kier molecular flexibility index (Phi) is 6.38. The lowest BCUT2D eigenvalue weighted by Crippen LogP contribution is -1.87. The van der Waals surface area contributed by atoms with E-state index < -0.39 is 11.4 Å². The molecule has 0 aromatic heterocycles. The van der Waals surface area contributed by atoms with Crippen LogP contribution in [0.2, 0.25) is 0 Å². The van der Waals surface area contributed by atoms with E-state index in [1.807, 2.05) is 0 Å². The molecule has 76 valence electrons. The molecule has 0 aliphatic heterocycles. The maximum atomic E-state index is 10.2.